The lowest BCUT2D eigenvalue weighted by atomic mass is 10.2. The average Bonchev–Trinajstić information content (AvgIpc) is 2.55. The number of hydrogen-bond acceptors (Lipinski definition) is 6. The number of nitrogens with zero attached hydrogens (tertiary/aromatic N) is 1. The monoisotopic (exact) mass is 312 g/mol. The summed E-state index contributed by atoms with van der Waals surface area (Å²) < 4.78 is 10.6. The van der Waals surface area contributed by atoms with Crippen LogP contribution >= 0.6 is 0 Å². The Balaban J connectivity index is 2.14. The second kappa shape index (κ2) is 5.88. The SMILES string of the molecule is COc1cc(Nc2nc(=O)[nH]c3ccccc23)c(OC)cc1N. The summed E-state index contributed by atoms with van der Waals surface area (Å²) in [5.41, 5.74) is 7.19. The third-order valence-electron chi connectivity index (χ3n) is 3.44. The van der Waals surface area contributed by atoms with Gasteiger partial charge in [0.25, 0.3) is 0 Å². The molecule has 0 fully saturated rings. The minimum Gasteiger partial charge on any atom is -0.495 e. The third kappa shape index (κ3) is 2.76. The highest BCUT2D eigenvalue weighted by Crippen LogP contribution is 2.36. The first-order chi connectivity index (χ1) is 11.1. The van der Waals surface area contributed by atoms with Gasteiger partial charge in [0.2, 0.25) is 0 Å². The third-order valence-corrected chi connectivity index (χ3v) is 3.44. The number of nitrogens with one attached hydrogen (secondary N) is 2. The van der Waals surface area contributed by atoms with E-state index >= 15 is 0 Å². The van der Waals surface area contributed by atoms with Crippen molar-refractivity contribution in [2.45, 2.75) is 0 Å². The van der Waals surface area contributed by atoms with Crippen LogP contribution in [0.2, 0.25) is 0 Å². The van der Waals surface area contributed by atoms with Gasteiger partial charge in [0.15, 0.2) is 0 Å². The molecule has 0 bridgehead atoms. The number of nitrogen functional groups attached to an aromatic ring is 1. The predicted octanol–water partition coefficient (Wildman–Crippen LogP) is 2.27. The largest absolute Gasteiger partial charge is 0.495 e. The molecule has 1 aromatic heterocycles. The Morgan fingerprint density at radius 2 is 1.87 bits per heavy atom. The number of H-pyrrole nitrogens is 1. The van der Waals surface area contributed by atoms with Crippen LogP contribution < -0.4 is 26.2 Å². The zero-order valence-electron chi connectivity index (χ0n) is 12.7. The zero-order valence-corrected chi connectivity index (χ0v) is 12.7. The summed E-state index contributed by atoms with van der Waals surface area (Å²) >= 11 is 0. The van der Waals surface area contributed by atoms with E-state index in [0.717, 1.165) is 5.39 Å². The van der Waals surface area contributed by atoms with E-state index in [9.17, 15) is 4.79 Å². The van der Waals surface area contributed by atoms with Crippen LogP contribution in [0.25, 0.3) is 10.9 Å². The molecule has 0 saturated heterocycles. The number of nitrogens with two attached hydrogens (primary N) is 1. The molecule has 0 spiro atoms. The highest BCUT2D eigenvalue weighted by atomic mass is 16.5. The molecule has 1 heterocycles. The Labute approximate surface area is 132 Å². The highest BCUT2D eigenvalue weighted by Gasteiger charge is 2.12. The van der Waals surface area contributed by atoms with Crippen LogP contribution in [0.4, 0.5) is 17.2 Å². The molecule has 3 aromatic rings. The van der Waals surface area contributed by atoms with Gasteiger partial charge in [-0.3, -0.25) is 0 Å². The Morgan fingerprint density at radius 3 is 2.61 bits per heavy atom. The van der Waals surface area contributed by atoms with Crippen molar-refractivity contribution in [3.05, 3.63) is 46.9 Å². The van der Waals surface area contributed by atoms with Crippen molar-refractivity contribution < 1.29 is 9.47 Å². The van der Waals surface area contributed by atoms with Crippen LogP contribution in [-0.4, -0.2) is 24.2 Å². The van der Waals surface area contributed by atoms with Gasteiger partial charge < -0.3 is 25.5 Å². The molecule has 0 atom stereocenters. The first-order valence-electron chi connectivity index (χ1n) is 6.90. The molecule has 0 aliphatic heterocycles. The molecular weight excluding hydrogens is 296 g/mol. The second-order valence-corrected chi connectivity index (χ2v) is 4.86. The van der Waals surface area contributed by atoms with Gasteiger partial charge in [0.1, 0.15) is 17.3 Å². The van der Waals surface area contributed by atoms with E-state index in [1.807, 2.05) is 24.3 Å². The molecule has 0 unspecified atom stereocenters. The quantitative estimate of drug-likeness (QED) is 0.639. The lowest BCUT2D eigenvalue weighted by Gasteiger charge is -2.14. The molecule has 7 nitrogen and oxygen atoms in total. The fourth-order valence-corrected chi connectivity index (χ4v) is 2.35. The lowest BCUT2D eigenvalue weighted by Crippen LogP contribution is -2.13. The molecule has 0 radical (unpaired) electrons. The van der Waals surface area contributed by atoms with E-state index in [0.29, 0.717) is 34.2 Å². The molecule has 118 valence electrons. The van der Waals surface area contributed by atoms with Crippen LogP contribution in [0.5, 0.6) is 11.5 Å². The molecular formula is C16H16N4O3. The molecule has 7 heteroatoms. The van der Waals surface area contributed by atoms with Crippen molar-refractivity contribution in [3.63, 3.8) is 0 Å². The van der Waals surface area contributed by atoms with Crippen molar-refractivity contribution in [1.82, 2.24) is 9.97 Å². The molecule has 2 aromatic carbocycles. The summed E-state index contributed by atoms with van der Waals surface area (Å²) in [5, 5.41) is 3.90. The summed E-state index contributed by atoms with van der Waals surface area (Å²) in [6, 6.07) is 10.7. The van der Waals surface area contributed by atoms with Gasteiger partial charge in [-0.2, -0.15) is 4.98 Å². The van der Waals surface area contributed by atoms with Gasteiger partial charge in [0.05, 0.1) is 31.1 Å². The van der Waals surface area contributed by atoms with Crippen LogP contribution in [0, 0.1) is 0 Å². The maximum Gasteiger partial charge on any atom is 0.347 e. The number of benzene rings is 2. The Morgan fingerprint density at radius 1 is 1.13 bits per heavy atom. The molecule has 0 aliphatic rings. The van der Waals surface area contributed by atoms with Crippen molar-refractivity contribution in [2.24, 2.45) is 0 Å². The van der Waals surface area contributed by atoms with Gasteiger partial charge in [-0.1, -0.05) is 12.1 Å². The number of fused-ring (bicyclic) bond motifs is 1. The van der Waals surface area contributed by atoms with Crippen LogP contribution in [0.1, 0.15) is 0 Å². The van der Waals surface area contributed by atoms with Crippen molar-refractivity contribution in [3.8, 4) is 11.5 Å². The maximum absolute atomic E-state index is 11.7. The second-order valence-electron chi connectivity index (χ2n) is 4.86. The van der Waals surface area contributed by atoms with E-state index in [2.05, 4.69) is 15.3 Å². The predicted molar refractivity (Wildman–Crippen MR) is 89.6 cm³/mol. The van der Waals surface area contributed by atoms with E-state index in [1.54, 1.807) is 12.1 Å². The lowest BCUT2D eigenvalue weighted by molar-refractivity contribution is 0.406. The van der Waals surface area contributed by atoms with Crippen LogP contribution in [0.15, 0.2) is 41.2 Å². The fourth-order valence-electron chi connectivity index (χ4n) is 2.35. The van der Waals surface area contributed by atoms with E-state index in [1.165, 1.54) is 14.2 Å². The average molecular weight is 312 g/mol. The Hall–Kier alpha value is -3.22. The number of rotatable bonds is 4. The Kier molecular flexibility index (Phi) is 3.76. The van der Waals surface area contributed by atoms with E-state index in [-0.39, 0.29) is 0 Å². The normalized spacial score (nSPS) is 10.5. The number of methoxy groups -OCH3 is 2. The zero-order chi connectivity index (χ0) is 16.4. The van der Waals surface area contributed by atoms with Crippen molar-refractivity contribution in [2.75, 3.05) is 25.3 Å². The molecule has 0 aliphatic carbocycles. The van der Waals surface area contributed by atoms with Crippen LogP contribution in [-0.2, 0) is 0 Å². The Bertz CT molecular complexity index is 921. The topological polar surface area (TPSA) is 102 Å². The van der Waals surface area contributed by atoms with Crippen molar-refractivity contribution >= 4 is 28.1 Å². The molecule has 3 rings (SSSR count). The highest BCUT2D eigenvalue weighted by molar-refractivity contribution is 5.91. The fraction of sp³-hybridized carbons (Fsp3) is 0.125. The van der Waals surface area contributed by atoms with E-state index < -0.39 is 5.69 Å². The number of aromatic amines is 1. The number of anilines is 3. The molecule has 4 N–H and O–H groups in total. The summed E-state index contributed by atoms with van der Waals surface area (Å²) in [4.78, 5) is 18.4. The number of para-hydroxylation sites is 1. The summed E-state index contributed by atoms with van der Waals surface area (Å²) in [5.74, 6) is 1.45. The molecule has 0 amide bonds. The standard InChI is InChI=1S/C16H16N4O3/c1-22-13-8-12(14(23-2)7-10(13)17)18-15-9-5-3-4-6-11(9)19-16(21)20-15/h3-8H,17H2,1-2H3,(H2,18,19,20,21). The van der Waals surface area contributed by atoms with Crippen LogP contribution in [0.3, 0.4) is 0 Å². The van der Waals surface area contributed by atoms with Gasteiger partial charge >= 0.3 is 5.69 Å². The van der Waals surface area contributed by atoms with Gasteiger partial charge in [-0.15, -0.1) is 0 Å². The van der Waals surface area contributed by atoms with Gasteiger partial charge in [-0.25, -0.2) is 4.79 Å². The minimum atomic E-state index is -0.437. The number of aromatic nitrogens is 2. The first kappa shape index (κ1) is 14.7. The molecule has 23 heavy (non-hydrogen) atoms. The first-order valence-corrected chi connectivity index (χ1v) is 6.90. The number of hydrogen-bond donors (Lipinski definition) is 3. The maximum atomic E-state index is 11.7. The van der Waals surface area contributed by atoms with Gasteiger partial charge in [-0.05, 0) is 12.1 Å². The summed E-state index contributed by atoms with van der Waals surface area (Å²) in [6.07, 6.45) is 0. The van der Waals surface area contributed by atoms with Crippen molar-refractivity contribution in [1.29, 1.82) is 0 Å². The van der Waals surface area contributed by atoms with Gasteiger partial charge in [0, 0.05) is 17.5 Å². The van der Waals surface area contributed by atoms with E-state index in [4.69, 9.17) is 15.2 Å². The smallest absolute Gasteiger partial charge is 0.347 e. The number of ether oxygens (including phenoxy) is 2. The minimum absolute atomic E-state index is 0.425. The summed E-state index contributed by atoms with van der Waals surface area (Å²) in [7, 11) is 3.07. The molecule has 0 saturated carbocycles. The summed E-state index contributed by atoms with van der Waals surface area (Å²) in [6.45, 7) is 0.